The minimum absolute atomic E-state index is 0.291. The summed E-state index contributed by atoms with van der Waals surface area (Å²) in [7, 11) is 0. The Morgan fingerprint density at radius 3 is 2.94 bits per heavy atom. The quantitative estimate of drug-likeness (QED) is 0.785. The van der Waals surface area contributed by atoms with Gasteiger partial charge in [0.05, 0.1) is 6.20 Å². The van der Waals surface area contributed by atoms with Gasteiger partial charge in [-0.05, 0) is 44.2 Å². The Balaban J connectivity index is 1.75. The number of hydrogen-bond acceptors (Lipinski definition) is 2. The molecule has 16 heavy (non-hydrogen) atoms. The van der Waals surface area contributed by atoms with Crippen LogP contribution in [0.15, 0.2) is 30.0 Å². The van der Waals surface area contributed by atoms with Crippen molar-refractivity contribution in [1.29, 1.82) is 0 Å². The normalized spacial score (nSPS) is 15.7. The molecule has 0 aliphatic heterocycles. The van der Waals surface area contributed by atoms with Crippen LogP contribution in [-0.4, -0.2) is 11.5 Å². The third kappa shape index (κ3) is 3.33. The lowest BCUT2D eigenvalue weighted by atomic mass is 9.97. The first-order valence-corrected chi connectivity index (χ1v) is 5.88. The zero-order chi connectivity index (χ0) is 11.2. The molecule has 0 amide bonds. The molecule has 3 heteroatoms. The van der Waals surface area contributed by atoms with Crippen molar-refractivity contribution in [3.8, 4) is 0 Å². The number of aromatic nitrogens is 1. The molecule has 1 N–H and O–H groups in total. The summed E-state index contributed by atoms with van der Waals surface area (Å²) in [5.74, 6) is 0.457. The maximum Gasteiger partial charge on any atom is 0.141 e. The lowest BCUT2D eigenvalue weighted by Gasteiger charge is -2.13. The van der Waals surface area contributed by atoms with Crippen molar-refractivity contribution in [2.75, 3.05) is 11.9 Å². The smallest absolute Gasteiger partial charge is 0.141 e. The van der Waals surface area contributed by atoms with E-state index in [1.54, 1.807) is 11.6 Å². The van der Waals surface area contributed by atoms with Crippen LogP contribution in [0.2, 0.25) is 0 Å². The molecular formula is C13H17FN2. The molecule has 0 unspecified atom stereocenters. The number of hydrogen-bond donors (Lipinski definition) is 1. The number of nitrogens with zero attached hydrogens (tertiary/aromatic N) is 1. The minimum atomic E-state index is -0.291. The molecule has 0 saturated heterocycles. The van der Waals surface area contributed by atoms with Gasteiger partial charge in [-0.1, -0.05) is 11.6 Å². The second-order valence-electron chi connectivity index (χ2n) is 4.15. The largest absolute Gasteiger partial charge is 0.370 e. The molecule has 2 rings (SSSR count). The van der Waals surface area contributed by atoms with Crippen LogP contribution in [0.25, 0.3) is 0 Å². The van der Waals surface area contributed by atoms with E-state index in [9.17, 15) is 4.39 Å². The van der Waals surface area contributed by atoms with Gasteiger partial charge in [0, 0.05) is 6.54 Å². The van der Waals surface area contributed by atoms with E-state index in [2.05, 4.69) is 16.4 Å². The van der Waals surface area contributed by atoms with Crippen LogP contribution in [0.5, 0.6) is 0 Å². The Labute approximate surface area is 95.6 Å². The van der Waals surface area contributed by atoms with E-state index in [4.69, 9.17) is 0 Å². The average Bonchev–Trinajstić information content (AvgIpc) is 2.33. The first kappa shape index (κ1) is 11.1. The van der Waals surface area contributed by atoms with Gasteiger partial charge in [-0.3, -0.25) is 0 Å². The Morgan fingerprint density at radius 2 is 2.25 bits per heavy atom. The fourth-order valence-corrected chi connectivity index (χ4v) is 1.96. The van der Waals surface area contributed by atoms with Gasteiger partial charge in [-0.25, -0.2) is 9.37 Å². The Bertz CT molecular complexity index is 357. The van der Waals surface area contributed by atoms with Crippen molar-refractivity contribution in [3.05, 3.63) is 35.8 Å². The summed E-state index contributed by atoms with van der Waals surface area (Å²) in [5.41, 5.74) is 1.54. The third-order valence-electron chi connectivity index (χ3n) is 2.86. The second kappa shape index (κ2) is 5.64. The number of nitrogens with one attached hydrogen (secondary N) is 1. The summed E-state index contributed by atoms with van der Waals surface area (Å²) in [6.07, 6.45) is 9.77. The van der Waals surface area contributed by atoms with E-state index in [1.807, 2.05) is 0 Å². The van der Waals surface area contributed by atoms with Gasteiger partial charge in [0.1, 0.15) is 11.6 Å². The average molecular weight is 220 g/mol. The highest BCUT2D eigenvalue weighted by molar-refractivity contribution is 5.33. The highest BCUT2D eigenvalue weighted by atomic mass is 19.1. The highest BCUT2D eigenvalue weighted by Crippen LogP contribution is 2.19. The van der Waals surface area contributed by atoms with Gasteiger partial charge in [-0.2, -0.15) is 0 Å². The zero-order valence-corrected chi connectivity index (χ0v) is 9.38. The van der Waals surface area contributed by atoms with Crippen molar-refractivity contribution < 1.29 is 4.39 Å². The molecule has 0 spiro atoms. The van der Waals surface area contributed by atoms with Crippen LogP contribution in [-0.2, 0) is 0 Å². The monoisotopic (exact) mass is 220 g/mol. The summed E-state index contributed by atoms with van der Waals surface area (Å²) in [4.78, 5) is 3.96. The van der Waals surface area contributed by atoms with Crippen molar-refractivity contribution in [3.63, 3.8) is 0 Å². The predicted octanol–water partition coefficient (Wildman–Crippen LogP) is 3.52. The molecule has 0 atom stereocenters. The molecule has 1 heterocycles. The Hall–Kier alpha value is -1.38. The molecule has 1 aromatic rings. The van der Waals surface area contributed by atoms with Gasteiger partial charge >= 0.3 is 0 Å². The first-order valence-electron chi connectivity index (χ1n) is 5.88. The molecule has 0 radical (unpaired) electrons. The lowest BCUT2D eigenvalue weighted by molar-refractivity contribution is 0.621. The van der Waals surface area contributed by atoms with Gasteiger partial charge in [0.2, 0.25) is 0 Å². The van der Waals surface area contributed by atoms with Crippen LogP contribution in [0, 0.1) is 5.82 Å². The summed E-state index contributed by atoms with van der Waals surface area (Å²) < 4.78 is 12.6. The number of halogens is 1. The number of pyridine rings is 1. The van der Waals surface area contributed by atoms with Gasteiger partial charge in [0.25, 0.3) is 0 Å². The summed E-state index contributed by atoms with van der Waals surface area (Å²) in [6.45, 7) is 0.879. The van der Waals surface area contributed by atoms with Crippen LogP contribution >= 0.6 is 0 Å². The van der Waals surface area contributed by atoms with Crippen LogP contribution in [0.4, 0.5) is 10.2 Å². The van der Waals surface area contributed by atoms with Crippen LogP contribution in [0.1, 0.15) is 32.1 Å². The molecule has 1 aliphatic rings. The van der Waals surface area contributed by atoms with Crippen LogP contribution < -0.4 is 5.32 Å². The Morgan fingerprint density at radius 1 is 1.31 bits per heavy atom. The van der Waals surface area contributed by atoms with Gasteiger partial charge in [0.15, 0.2) is 0 Å². The summed E-state index contributed by atoms with van der Waals surface area (Å²) in [5, 5.41) is 3.20. The number of anilines is 1. The van der Waals surface area contributed by atoms with Gasteiger partial charge < -0.3 is 5.32 Å². The molecule has 1 aromatic heterocycles. The first-order chi connectivity index (χ1) is 7.84. The van der Waals surface area contributed by atoms with Crippen molar-refractivity contribution in [2.45, 2.75) is 32.1 Å². The maximum atomic E-state index is 12.6. The molecule has 0 bridgehead atoms. The SMILES string of the molecule is Fc1ccc(NCCC2=CCCCC2)nc1. The second-order valence-corrected chi connectivity index (χ2v) is 4.15. The van der Waals surface area contributed by atoms with Crippen molar-refractivity contribution in [1.82, 2.24) is 4.98 Å². The van der Waals surface area contributed by atoms with E-state index in [-0.39, 0.29) is 5.82 Å². The highest BCUT2D eigenvalue weighted by Gasteiger charge is 2.03. The molecule has 86 valence electrons. The van der Waals surface area contributed by atoms with E-state index in [0.29, 0.717) is 0 Å². The topological polar surface area (TPSA) is 24.9 Å². The predicted molar refractivity (Wildman–Crippen MR) is 63.9 cm³/mol. The van der Waals surface area contributed by atoms with Gasteiger partial charge in [-0.15, -0.1) is 0 Å². The standard InChI is InChI=1S/C13H17FN2/c14-12-6-7-13(16-10-12)15-9-8-11-4-2-1-3-5-11/h4,6-7,10H,1-3,5,8-9H2,(H,15,16). The van der Waals surface area contributed by atoms with E-state index >= 15 is 0 Å². The molecule has 0 aromatic carbocycles. The van der Waals surface area contributed by atoms with E-state index in [1.165, 1.54) is 37.9 Å². The fraction of sp³-hybridized carbons (Fsp3) is 0.462. The van der Waals surface area contributed by atoms with Crippen molar-refractivity contribution >= 4 is 5.82 Å². The summed E-state index contributed by atoms with van der Waals surface area (Å²) >= 11 is 0. The molecule has 0 saturated carbocycles. The van der Waals surface area contributed by atoms with Crippen molar-refractivity contribution in [2.24, 2.45) is 0 Å². The molecule has 0 fully saturated rings. The summed E-state index contributed by atoms with van der Waals surface area (Å²) in [6, 6.07) is 3.10. The van der Waals surface area contributed by atoms with E-state index < -0.39 is 0 Å². The zero-order valence-electron chi connectivity index (χ0n) is 9.38. The maximum absolute atomic E-state index is 12.6. The molecule has 2 nitrogen and oxygen atoms in total. The molecular weight excluding hydrogens is 203 g/mol. The number of rotatable bonds is 4. The number of allylic oxidation sites excluding steroid dienone is 1. The third-order valence-corrected chi connectivity index (χ3v) is 2.86. The minimum Gasteiger partial charge on any atom is -0.370 e. The van der Waals surface area contributed by atoms with E-state index in [0.717, 1.165) is 18.8 Å². The Kier molecular flexibility index (Phi) is 3.91. The molecule has 1 aliphatic carbocycles. The lowest BCUT2D eigenvalue weighted by Crippen LogP contribution is -2.05. The fourth-order valence-electron chi connectivity index (χ4n) is 1.96. The van der Waals surface area contributed by atoms with Crippen LogP contribution in [0.3, 0.4) is 0 Å².